The summed E-state index contributed by atoms with van der Waals surface area (Å²) in [5.41, 5.74) is 6.88. The zero-order valence-corrected chi connectivity index (χ0v) is 6.53. The van der Waals surface area contributed by atoms with Crippen LogP contribution in [0, 0.1) is 6.42 Å². The van der Waals surface area contributed by atoms with E-state index in [2.05, 4.69) is 12.5 Å². The van der Waals surface area contributed by atoms with Gasteiger partial charge in [-0.3, -0.25) is 0 Å². The third-order valence-corrected chi connectivity index (χ3v) is 1.76. The Bertz CT molecular complexity index is 172. The van der Waals surface area contributed by atoms with Gasteiger partial charge < -0.3 is 10.8 Å². The molecule has 1 aliphatic carbocycles. The van der Waals surface area contributed by atoms with Gasteiger partial charge in [-0.15, -0.1) is 0 Å². The van der Waals surface area contributed by atoms with Crippen LogP contribution in [-0.2, 0) is 0 Å². The average molecular weight is 152 g/mol. The lowest BCUT2D eigenvalue weighted by atomic mass is 9.99. The molecule has 1 aliphatic rings. The van der Waals surface area contributed by atoms with Gasteiger partial charge in [0.05, 0.1) is 0 Å². The number of hydrogen-bond donors (Lipinski definition) is 2. The van der Waals surface area contributed by atoms with Crippen LogP contribution in [0.2, 0.25) is 0 Å². The second-order valence-electron chi connectivity index (χ2n) is 2.66. The molecule has 0 saturated carbocycles. The number of rotatable bonds is 3. The van der Waals surface area contributed by atoms with Crippen molar-refractivity contribution in [1.29, 1.82) is 0 Å². The minimum absolute atomic E-state index is 0.00667. The monoisotopic (exact) mass is 152 g/mol. The van der Waals surface area contributed by atoms with Crippen LogP contribution in [0.25, 0.3) is 0 Å². The fourth-order valence-corrected chi connectivity index (χ4v) is 1.10. The molecule has 0 fully saturated rings. The Morgan fingerprint density at radius 2 is 2.45 bits per heavy atom. The average Bonchev–Trinajstić information content (AvgIpc) is 2.07. The van der Waals surface area contributed by atoms with E-state index in [1.807, 2.05) is 12.2 Å². The molecule has 2 nitrogen and oxygen atoms in total. The maximum absolute atomic E-state index is 8.63. The van der Waals surface area contributed by atoms with E-state index in [4.69, 9.17) is 10.8 Å². The summed E-state index contributed by atoms with van der Waals surface area (Å²) >= 11 is 0. The van der Waals surface area contributed by atoms with E-state index >= 15 is 0 Å². The van der Waals surface area contributed by atoms with Gasteiger partial charge in [0.15, 0.2) is 0 Å². The molecule has 2 heteroatoms. The maximum Gasteiger partial charge on any atom is 0.0449 e. The van der Waals surface area contributed by atoms with Gasteiger partial charge in [0.2, 0.25) is 0 Å². The summed E-state index contributed by atoms with van der Waals surface area (Å²) in [6, 6.07) is -0.00667. The predicted molar refractivity (Wildman–Crippen MR) is 45.8 cm³/mol. The van der Waals surface area contributed by atoms with Gasteiger partial charge in [-0.2, -0.15) is 0 Å². The second-order valence-corrected chi connectivity index (χ2v) is 2.66. The highest BCUT2D eigenvalue weighted by Crippen LogP contribution is 2.12. The summed E-state index contributed by atoms with van der Waals surface area (Å²) in [6.45, 7) is 0.159. The van der Waals surface area contributed by atoms with Crippen molar-refractivity contribution in [3.8, 4) is 0 Å². The summed E-state index contributed by atoms with van der Waals surface area (Å²) in [5.74, 6) is 0. The molecule has 1 atom stereocenters. The Morgan fingerprint density at radius 1 is 1.64 bits per heavy atom. The minimum atomic E-state index is -0.00667. The first-order chi connectivity index (χ1) is 5.34. The van der Waals surface area contributed by atoms with Crippen molar-refractivity contribution in [1.82, 2.24) is 0 Å². The van der Waals surface area contributed by atoms with Gasteiger partial charge in [0, 0.05) is 12.6 Å². The Hall–Kier alpha value is -0.600. The molecule has 0 spiro atoms. The summed E-state index contributed by atoms with van der Waals surface area (Å²) < 4.78 is 0. The van der Waals surface area contributed by atoms with Crippen molar-refractivity contribution < 1.29 is 5.11 Å². The largest absolute Gasteiger partial charge is 0.396 e. The molecule has 1 radical (unpaired) electrons. The standard InChI is InChI=1S/C9H14NO/c10-9(6-7-11)8-4-2-1-3-5-8/h2-5,9,11H,1,6-7,10H2. The van der Waals surface area contributed by atoms with Crippen molar-refractivity contribution in [3.63, 3.8) is 0 Å². The van der Waals surface area contributed by atoms with Crippen molar-refractivity contribution >= 4 is 0 Å². The van der Waals surface area contributed by atoms with E-state index in [-0.39, 0.29) is 12.6 Å². The van der Waals surface area contributed by atoms with Gasteiger partial charge in [-0.25, -0.2) is 0 Å². The molecule has 1 unspecified atom stereocenters. The summed E-state index contributed by atoms with van der Waals surface area (Å²) in [6.07, 6.45) is 9.85. The lowest BCUT2D eigenvalue weighted by molar-refractivity contribution is 0.282. The van der Waals surface area contributed by atoms with Crippen LogP contribution in [0.15, 0.2) is 23.8 Å². The molecule has 1 rings (SSSR count). The molecule has 0 bridgehead atoms. The van der Waals surface area contributed by atoms with Crippen LogP contribution in [-0.4, -0.2) is 17.8 Å². The Kier molecular flexibility index (Phi) is 3.33. The van der Waals surface area contributed by atoms with Crippen LogP contribution in [0.4, 0.5) is 0 Å². The van der Waals surface area contributed by atoms with Gasteiger partial charge in [-0.1, -0.05) is 18.2 Å². The normalized spacial score (nSPS) is 19.6. The van der Waals surface area contributed by atoms with E-state index in [0.717, 1.165) is 12.0 Å². The van der Waals surface area contributed by atoms with Crippen molar-refractivity contribution in [2.75, 3.05) is 6.61 Å². The Labute approximate surface area is 67.4 Å². The highest BCUT2D eigenvalue weighted by atomic mass is 16.3. The molecule has 61 valence electrons. The first-order valence-electron chi connectivity index (χ1n) is 3.91. The van der Waals surface area contributed by atoms with Gasteiger partial charge >= 0.3 is 0 Å². The smallest absolute Gasteiger partial charge is 0.0449 e. The molecule has 0 aliphatic heterocycles. The summed E-state index contributed by atoms with van der Waals surface area (Å²) in [7, 11) is 0. The number of aliphatic hydroxyl groups excluding tert-OH is 1. The lowest BCUT2D eigenvalue weighted by Crippen LogP contribution is -2.23. The van der Waals surface area contributed by atoms with Gasteiger partial charge in [0.25, 0.3) is 0 Å². The van der Waals surface area contributed by atoms with Crippen molar-refractivity contribution in [3.05, 3.63) is 30.2 Å². The van der Waals surface area contributed by atoms with E-state index in [0.29, 0.717) is 6.42 Å². The van der Waals surface area contributed by atoms with Gasteiger partial charge in [0.1, 0.15) is 0 Å². The number of nitrogens with two attached hydrogens (primary N) is 1. The topological polar surface area (TPSA) is 46.2 Å². The SMILES string of the molecule is NC(CCO)C1=C[CH]CC=C1. The molecule has 3 N–H and O–H groups in total. The van der Waals surface area contributed by atoms with Crippen LogP contribution in [0.3, 0.4) is 0 Å². The third kappa shape index (κ3) is 2.48. The summed E-state index contributed by atoms with van der Waals surface area (Å²) in [4.78, 5) is 0. The molecule has 0 aromatic heterocycles. The first-order valence-corrected chi connectivity index (χ1v) is 3.91. The van der Waals surface area contributed by atoms with Crippen LogP contribution in [0.1, 0.15) is 12.8 Å². The highest BCUT2D eigenvalue weighted by molar-refractivity contribution is 5.30. The van der Waals surface area contributed by atoms with Crippen LogP contribution < -0.4 is 5.73 Å². The Morgan fingerprint density at radius 3 is 3.00 bits per heavy atom. The fourth-order valence-electron chi connectivity index (χ4n) is 1.10. The first kappa shape index (κ1) is 8.50. The summed E-state index contributed by atoms with van der Waals surface area (Å²) in [5, 5.41) is 8.63. The zero-order valence-electron chi connectivity index (χ0n) is 6.53. The van der Waals surface area contributed by atoms with Crippen LogP contribution >= 0.6 is 0 Å². The lowest BCUT2D eigenvalue weighted by Gasteiger charge is -2.13. The van der Waals surface area contributed by atoms with E-state index < -0.39 is 0 Å². The maximum atomic E-state index is 8.63. The molecular formula is C9H14NO. The second kappa shape index (κ2) is 4.31. The zero-order chi connectivity index (χ0) is 8.10. The molecule has 0 saturated heterocycles. The number of aliphatic hydroxyl groups is 1. The van der Waals surface area contributed by atoms with Crippen LogP contribution in [0.5, 0.6) is 0 Å². The number of hydrogen-bond acceptors (Lipinski definition) is 2. The van der Waals surface area contributed by atoms with E-state index in [1.165, 1.54) is 0 Å². The predicted octanol–water partition coefficient (Wildman–Crippen LogP) is 0.787. The van der Waals surface area contributed by atoms with E-state index in [1.54, 1.807) is 0 Å². The number of allylic oxidation sites excluding steroid dienone is 2. The van der Waals surface area contributed by atoms with E-state index in [9.17, 15) is 0 Å². The molecule has 0 aromatic carbocycles. The molecule has 11 heavy (non-hydrogen) atoms. The molecular weight excluding hydrogens is 138 g/mol. The molecule has 0 amide bonds. The Balaban J connectivity index is 2.45. The third-order valence-electron chi connectivity index (χ3n) is 1.76. The van der Waals surface area contributed by atoms with Crippen molar-refractivity contribution in [2.45, 2.75) is 18.9 Å². The minimum Gasteiger partial charge on any atom is -0.396 e. The fraction of sp³-hybridized carbons (Fsp3) is 0.444. The highest BCUT2D eigenvalue weighted by Gasteiger charge is 2.06. The quantitative estimate of drug-likeness (QED) is 0.628. The molecule has 0 aromatic rings. The van der Waals surface area contributed by atoms with Crippen molar-refractivity contribution in [2.24, 2.45) is 5.73 Å². The van der Waals surface area contributed by atoms with Gasteiger partial charge in [-0.05, 0) is 24.8 Å². The molecule has 0 heterocycles.